The summed E-state index contributed by atoms with van der Waals surface area (Å²) in [7, 11) is 0. The van der Waals surface area contributed by atoms with Crippen LogP contribution in [-0.4, -0.2) is 9.97 Å². The first-order valence-corrected chi connectivity index (χ1v) is 5.94. The summed E-state index contributed by atoms with van der Waals surface area (Å²) in [5, 5.41) is 0.110. The van der Waals surface area contributed by atoms with Gasteiger partial charge in [0.1, 0.15) is 11.6 Å². The van der Waals surface area contributed by atoms with Gasteiger partial charge in [-0.05, 0) is 24.6 Å². The lowest BCUT2D eigenvalue weighted by Gasteiger charge is -2.06. The number of aromatic nitrogens is 2. The largest absolute Gasteiger partial charge is 0.325 e. The molecule has 0 fully saturated rings. The highest BCUT2D eigenvalue weighted by Gasteiger charge is 2.09. The Kier molecular flexibility index (Phi) is 3.89. The van der Waals surface area contributed by atoms with Gasteiger partial charge in [0.15, 0.2) is 0 Å². The Morgan fingerprint density at radius 2 is 2.11 bits per heavy atom. The molecule has 2 N–H and O–H groups in total. The monoisotopic (exact) mass is 265 g/mol. The fourth-order valence-corrected chi connectivity index (χ4v) is 1.93. The van der Waals surface area contributed by atoms with Crippen molar-refractivity contribution >= 4 is 11.6 Å². The van der Waals surface area contributed by atoms with Crippen LogP contribution in [0.15, 0.2) is 24.3 Å². The standard InChI is InChI=1S/C13H13ClFN3/c1-8-5-10(7-16)18-12(17-8)6-9-3-2-4-11(14)13(9)15/h2-5H,6-7,16H2,1H3. The molecule has 0 atom stereocenters. The molecule has 0 radical (unpaired) electrons. The molecule has 0 bridgehead atoms. The first-order valence-electron chi connectivity index (χ1n) is 5.56. The van der Waals surface area contributed by atoms with E-state index in [-0.39, 0.29) is 5.02 Å². The fraction of sp³-hybridized carbons (Fsp3) is 0.231. The van der Waals surface area contributed by atoms with E-state index in [9.17, 15) is 4.39 Å². The Labute approximate surface area is 110 Å². The Balaban J connectivity index is 2.34. The van der Waals surface area contributed by atoms with Gasteiger partial charge in [0.05, 0.1) is 10.7 Å². The van der Waals surface area contributed by atoms with Crippen molar-refractivity contribution in [2.75, 3.05) is 0 Å². The quantitative estimate of drug-likeness (QED) is 0.928. The van der Waals surface area contributed by atoms with Crippen LogP contribution < -0.4 is 5.73 Å². The van der Waals surface area contributed by atoms with Crippen molar-refractivity contribution in [2.45, 2.75) is 19.9 Å². The summed E-state index contributed by atoms with van der Waals surface area (Å²) in [6.07, 6.45) is 0.307. The minimum Gasteiger partial charge on any atom is -0.325 e. The van der Waals surface area contributed by atoms with Crippen LogP contribution in [0.2, 0.25) is 5.02 Å². The molecule has 1 aromatic carbocycles. The van der Waals surface area contributed by atoms with E-state index in [1.54, 1.807) is 12.1 Å². The number of aryl methyl sites for hydroxylation is 1. The van der Waals surface area contributed by atoms with Crippen molar-refractivity contribution in [2.24, 2.45) is 5.73 Å². The number of halogens is 2. The summed E-state index contributed by atoms with van der Waals surface area (Å²) in [6, 6.07) is 6.72. The number of nitrogens with zero attached hydrogens (tertiary/aromatic N) is 2. The average Bonchev–Trinajstić information content (AvgIpc) is 2.34. The third-order valence-electron chi connectivity index (χ3n) is 2.54. The van der Waals surface area contributed by atoms with Gasteiger partial charge in [-0.1, -0.05) is 23.7 Å². The van der Waals surface area contributed by atoms with Gasteiger partial charge in [-0.25, -0.2) is 14.4 Å². The summed E-state index contributed by atoms with van der Waals surface area (Å²) >= 11 is 5.73. The lowest BCUT2D eigenvalue weighted by molar-refractivity contribution is 0.612. The minimum absolute atomic E-state index is 0.110. The van der Waals surface area contributed by atoms with Crippen molar-refractivity contribution in [3.63, 3.8) is 0 Å². The van der Waals surface area contributed by atoms with E-state index in [0.717, 1.165) is 11.4 Å². The van der Waals surface area contributed by atoms with Crippen LogP contribution in [0, 0.1) is 12.7 Å². The van der Waals surface area contributed by atoms with E-state index >= 15 is 0 Å². The van der Waals surface area contributed by atoms with E-state index in [1.165, 1.54) is 6.07 Å². The Bertz CT molecular complexity index is 572. The summed E-state index contributed by atoms with van der Waals surface area (Å²) in [5.74, 6) is 0.134. The highest BCUT2D eigenvalue weighted by Crippen LogP contribution is 2.19. The Hall–Kier alpha value is -1.52. The third-order valence-corrected chi connectivity index (χ3v) is 2.83. The van der Waals surface area contributed by atoms with E-state index in [0.29, 0.717) is 24.4 Å². The SMILES string of the molecule is Cc1cc(CN)nc(Cc2cccc(Cl)c2F)n1. The van der Waals surface area contributed by atoms with E-state index in [2.05, 4.69) is 9.97 Å². The second-order valence-corrected chi connectivity index (χ2v) is 4.42. The molecule has 94 valence electrons. The van der Waals surface area contributed by atoms with Crippen molar-refractivity contribution in [3.8, 4) is 0 Å². The zero-order chi connectivity index (χ0) is 13.1. The second-order valence-electron chi connectivity index (χ2n) is 4.01. The normalized spacial score (nSPS) is 10.7. The van der Waals surface area contributed by atoms with Gasteiger partial charge < -0.3 is 5.73 Å². The molecule has 0 aliphatic heterocycles. The average molecular weight is 266 g/mol. The number of hydrogen-bond acceptors (Lipinski definition) is 3. The lowest BCUT2D eigenvalue weighted by atomic mass is 10.1. The van der Waals surface area contributed by atoms with Gasteiger partial charge in [0.2, 0.25) is 0 Å². The van der Waals surface area contributed by atoms with Gasteiger partial charge in [-0.3, -0.25) is 0 Å². The summed E-state index contributed by atoms with van der Waals surface area (Å²) in [5.41, 5.74) is 7.60. The van der Waals surface area contributed by atoms with Crippen molar-refractivity contribution < 1.29 is 4.39 Å². The molecule has 1 heterocycles. The second kappa shape index (κ2) is 5.42. The van der Waals surface area contributed by atoms with Gasteiger partial charge in [-0.15, -0.1) is 0 Å². The van der Waals surface area contributed by atoms with Crippen LogP contribution in [0.5, 0.6) is 0 Å². The maximum atomic E-state index is 13.8. The molecule has 2 rings (SSSR count). The smallest absolute Gasteiger partial charge is 0.145 e. The first-order chi connectivity index (χ1) is 8.60. The lowest BCUT2D eigenvalue weighted by Crippen LogP contribution is -2.07. The number of nitrogens with two attached hydrogens (primary N) is 1. The van der Waals surface area contributed by atoms with E-state index in [1.807, 2.05) is 13.0 Å². The van der Waals surface area contributed by atoms with Crippen molar-refractivity contribution in [1.29, 1.82) is 0 Å². The van der Waals surface area contributed by atoms with Gasteiger partial charge >= 0.3 is 0 Å². The highest BCUT2D eigenvalue weighted by molar-refractivity contribution is 6.30. The molecule has 0 amide bonds. The first kappa shape index (κ1) is 12.9. The maximum absolute atomic E-state index is 13.8. The predicted molar refractivity (Wildman–Crippen MR) is 68.9 cm³/mol. The van der Waals surface area contributed by atoms with Crippen molar-refractivity contribution in [1.82, 2.24) is 9.97 Å². The molecule has 0 aliphatic carbocycles. The van der Waals surface area contributed by atoms with Crippen LogP contribution in [0.4, 0.5) is 4.39 Å². The highest BCUT2D eigenvalue weighted by atomic mass is 35.5. The Morgan fingerprint density at radius 1 is 1.33 bits per heavy atom. The molecule has 18 heavy (non-hydrogen) atoms. The molecule has 0 saturated heterocycles. The topological polar surface area (TPSA) is 51.8 Å². The van der Waals surface area contributed by atoms with Crippen LogP contribution >= 0.6 is 11.6 Å². The molecule has 0 saturated carbocycles. The molecule has 3 nitrogen and oxygen atoms in total. The van der Waals surface area contributed by atoms with Gasteiger partial charge in [0.25, 0.3) is 0 Å². The molecule has 0 aliphatic rings. The minimum atomic E-state index is -0.418. The third kappa shape index (κ3) is 2.83. The maximum Gasteiger partial charge on any atom is 0.145 e. The molecular formula is C13H13ClFN3. The molecule has 1 aromatic heterocycles. The Morgan fingerprint density at radius 3 is 2.83 bits per heavy atom. The summed E-state index contributed by atoms with van der Waals surface area (Å²) in [4.78, 5) is 8.54. The zero-order valence-electron chi connectivity index (χ0n) is 9.95. The van der Waals surface area contributed by atoms with Gasteiger partial charge in [-0.2, -0.15) is 0 Å². The van der Waals surface area contributed by atoms with Crippen molar-refractivity contribution in [3.05, 3.63) is 57.9 Å². The molecular weight excluding hydrogens is 253 g/mol. The predicted octanol–water partition coefficient (Wildman–Crippen LogP) is 2.63. The number of hydrogen-bond donors (Lipinski definition) is 1. The van der Waals surface area contributed by atoms with Crippen LogP contribution in [0.3, 0.4) is 0 Å². The number of rotatable bonds is 3. The van der Waals surface area contributed by atoms with Crippen LogP contribution in [0.25, 0.3) is 0 Å². The van der Waals surface area contributed by atoms with E-state index < -0.39 is 5.82 Å². The van der Waals surface area contributed by atoms with Gasteiger partial charge in [0, 0.05) is 18.7 Å². The molecule has 0 unspecified atom stereocenters. The number of benzene rings is 1. The fourth-order valence-electron chi connectivity index (χ4n) is 1.74. The van der Waals surface area contributed by atoms with E-state index in [4.69, 9.17) is 17.3 Å². The summed E-state index contributed by atoms with van der Waals surface area (Å²) in [6.45, 7) is 2.20. The van der Waals surface area contributed by atoms with Crippen LogP contribution in [-0.2, 0) is 13.0 Å². The molecule has 5 heteroatoms. The molecule has 2 aromatic rings. The summed E-state index contributed by atoms with van der Waals surface area (Å²) < 4.78 is 13.8. The van der Waals surface area contributed by atoms with Crippen LogP contribution in [0.1, 0.15) is 22.8 Å². The molecule has 0 spiro atoms. The zero-order valence-corrected chi connectivity index (χ0v) is 10.7.